The van der Waals surface area contributed by atoms with Crippen LogP contribution < -0.4 is 16.0 Å². The van der Waals surface area contributed by atoms with Crippen LogP contribution in [-0.4, -0.2) is 53.1 Å². The van der Waals surface area contributed by atoms with Gasteiger partial charge in [-0.25, -0.2) is 0 Å². The number of rotatable bonds is 4. The molecule has 9 heteroatoms. The SMILES string of the molecule is O=C1C2NCNC2NCN1Cc1nc([C@@H]2CO[C@@H](c3ccccc3)C2)no1. The summed E-state index contributed by atoms with van der Waals surface area (Å²) in [6.07, 6.45) is 0.869. The molecule has 4 heterocycles. The van der Waals surface area contributed by atoms with Crippen molar-refractivity contribution in [2.45, 2.75) is 37.2 Å². The molecule has 3 aliphatic heterocycles. The van der Waals surface area contributed by atoms with Gasteiger partial charge in [-0.05, 0) is 12.0 Å². The van der Waals surface area contributed by atoms with Crippen LogP contribution in [0.3, 0.4) is 0 Å². The van der Waals surface area contributed by atoms with E-state index in [1.807, 2.05) is 18.2 Å². The fourth-order valence-corrected chi connectivity index (χ4v) is 3.92. The number of ether oxygens (including phenoxy) is 1. The van der Waals surface area contributed by atoms with E-state index in [1.165, 1.54) is 5.56 Å². The molecule has 9 nitrogen and oxygen atoms in total. The molecule has 3 N–H and O–H groups in total. The van der Waals surface area contributed by atoms with Gasteiger partial charge in [-0.2, -0.15) is 4.98 Å². The van der Waals surface area contributed by atoms with E-state index >= 15 is 0 Å². The van der Waals surface area contributed by atoms with Gasteiger partial charge in [0.1, 0.15) is 12.6 Å². The minimum Gasteiger partial charge on any atom is -0.373 e. The van der Waals surface area contributed by atoms with Gasteiger partial charge in [-0.1, -0.05) is 35.5 Å². The van der Waals surface area contributed by atoms with Crippen LogP contribution in [0.4, 0.5) is 0 Å². The summed E-state index contributed by atoms with van der Waals surface area (Å²) in [5, 5.41) is 13.8. The first-order chi connectivity index (χ1) is 13.3. The van der Waals surface area contributed by atoms with Gasteiger partial charge in [0.2, 0.25) is 11.8 Å². The second-order valence-corrected chi connectivity index (χ2v) is 7.15. The monoisotopic (exact) mass is 370 g/mol. The third-order valence-electron chi connectivity index (χ3n) is 5.40. The summed E-state index contributed by atoms with van der Waals surface area (Å²) in [5.74, 6) is 1.25. The highest BCUT2D eigenvalue weighted by Crippen LogP contribution is 2.36. The first-order valence-electron chi connectivity index (χ1n) is 9.26. The number of nitrogens with one attached hydrogen (secondary N) is 3. The molecule has 3 fully saturated rings. The first kappa shape index (κ1) is 16.8. The van der Waals surface area contributed by atoms with Crippen LogP contribution in [0.1, 0.15) is 35.7 Å². The molecule has 27 heavy (non-hydrogen) atoms. The van der Waals surface area contributed by atoms with Crippen LogP contribution in [-0.2, 0) is 16.1 Å². The van der Waals surface area contributed by atoms with Crippen LogP contribution in [0.25, 0.3) is 0 Å². The first-order valence-corrected chi connectivity index (χ1v) is 9.26. The van der Waals surface area contributed by atoms with Gasteiger partial charge in [-0.3, -0.25) is 20.7 Å². The highest BCUT2D eigenvalue weighted by molar-refractivity contribution is 5.83. The summed E-state index contributed by atoms with van der Waals surface area (Å²) in [6, 6.07) is 9.92. The zero-order valence-corrected chi connectivity index (χ0v) is 14.8. The molecule has 0 saturated carbocycles. The number of hydrogen-bond acceptors (Lipinski definition) is 8. The number of aromatic nitrogens is 2. The van der Waals surface area contributed by atoms with E-state index in [4.69, 9.17) is 9.26 Å². The highest BCUT2D eigenvalue weighted by Gasteiger charge is 2.39. The van der Waals surface area contributed by atoms with E-state index in [9.17, 15) is 4.79 Å². The normalized spacial score (nSPS) is 30.7. The highest BCUT2D eigenvalue weighted by atomic mass is 16.5. The van der Waals surface area contributed by atoms with Gasteiger partial charge < -0.3 is 14.2 Å². The van der Waals surface area contributed by atoms with Crippen molar-refractivity contribution < 1.29 is 14.1 Å². The van der Waals surface area contributed by atoms with E-state index in [0.29, 0.717) is 38.2 Å². The zero-order chi connectivity index (χ0) is 18.2. The summed E-state index contributed by atoms with van der Waals surface area (Å²) in [4.78, 5) is 18.8. The Hall–Kier alpha value is -2.33. The van der Waals surface area contributed by atoms with Crippen LogP contribution in [0.5, 0.6) is 0 Å². The molecule has 0 radical (unpaired) electrons. The Morgan fingerprint density at radius 1 is 1.19 bits per heavy atom. The molecule has 1 aromatic carbocycles. The van der Waals surface area contributed by atoms with E-state index in [1.54, 1.807) is 4.90 Å². The molecule has 1 amide bonds. The summed E-state index contributed by atoms with van der Waals surface area (Å²) in [6.45, 7) is 1.95. The standard InChI is InChI=1S/C18H22N6O3/c25-18-15-17(20-9-19-15)21-10-24(18)7-14-22-16(23-27-14)12-6-13(26-8-12)11-4-2-1-3-5-11/h1-5,12-13,15,17,19-21H,6-10H2/t12-,13+,15?,17?/m0/s1. The third kappa shape index (κ3) is 3.23. The largest absolute Gasteiger partial charge is 0.373 e. The summed E-state index contributed by atoms with van der Waals surface area (Å²) < 4.78 is 11.3. The van der Waals surface area contributed by atoms with Crippen molar-refractivity contribution in [1.29, 1.82) is 0 Å². The predicted molar refractivity (Wildman–Crippen MR) is 94.1 cm³/mol. The fraction of sp³-hybridized carbons (Fsp3) is 0.500. The molecular weight excluding hydrogens is 348 g/mol. The Bertz CT molecular complexity index is 812. The van der Waals surface area contributed by atoms with E-state index in [0.717, 1.165) is 6.42 Å². The number of carbonyl (C=O) groups excluding carboxylic acids is 1. The van der Waals surface area contributed by atoms with Crippen molar-refractivity contribution in [3.63, 3.8) is 0 Å². The molecule has 5 rings (SSSR count). The minimum atomic E-state index is -0.254. The smallest absolute Gasteiger partial charge is 0.246 e. The van der Waals surface area contributed by atoms with Crippen molar-refractivity contribution in [3.8, 4) is 0 Å². The molecule has 3 aliphatic rings. The number of amides is 1. The van der Waals surface area contributed by atoms with Gasteiger partial charge in [0.25, 0.3) is 0 Å². The van der Waals surface area contributed by atoms with Crippen LogP contribution in [0, 0.1) is 0 Å². The fourth-order valence-electron chi connectivity index (χ4n) is 3.92. The maximum Gasteiger partial charge on any atom is 0.246 e. The molecule has 2 unspecified atom stereocenters. The summed E-state index contributed by atoms with van der Waals surface area (Å²) in [5.41, 5.74) is 1.17. The Kier molecular flexibility index (Phi) is 4.36. The Morgan fingerprint density at radius 2 is 2.07 bits per heavy atom. The molecular formula is C18H22N6O3. The Balaban J connectivity index is 1.22. The Morgan fingerprint density at radius 3 is 2.96 bits per heavy atom. The lowest BCUT2D eigenvalue weighted by atomic mass is 10.0. The molecule has 3 saturated heterocycles. The molecule has 4 atom stereocenters. The lowest BCUT2D eigenvalue weighted by Crippen LogP contribution is -2.62. The maximum atomic E-state index is 12.5. The van der Waals surface area contributed by atoms with Gasteiger partial charge >= 0.3 is 0 Å². The van der Waals surface area contributed by atoms with E-state index in [2.05, 4.69) is 38.2 Å². The van der Waals surface area contributed by atoms with Gasteiger partial charge in [0.15, 0.2) is 5.82 Å². The number of fused-ring (bicyclic) bond motifs is 1. The minimum absolute atomic E-state index is 0.0162. The van der Waals surface area contributed by atoms with Crippen LogP contribution in [0.15, 0.2) is 34.9 Å². The summed E-state index contributed by atoms with van der Waals surface area (Å²) in [7, 11) is 0. The number of hydrogen-bond donors (Lipinski definition) is 3. The predicted octanol–water partition coefficient (Wildman–Crippen LogP) is 0.0491. The van der Waals surface area contributed by atoms with E-state index in [-0.39, 0.29) is 30.1 Å². The van der Waals surface area contributed by atoms with E-state index < -0.39 is 0 Å². The van der Waals surface area contributed by atoms with Crippen molar-refractivity contribution >= 4 is 5.91 Å². The van der Waals surface area contributed by atoms with Crippen molar-refractivity contribution in [3.05, 3.63) is 47.6 Å². The lowest BCUT2D eigenvalue weighted by Gasteiger charge is -2.33. The molecule has 0 bridgehead atoms. The topological polar surface area (TPSA) is 105 Å². The molecule has 0 spiro atoms. The Labute approximate surface area is 156 Å². The van der Waals surface area contributed by atoms with Gasteiger partial charge in [-0.15, -0.1) is 0 Å². The molecule has 0 aliphatic carbocycles. The van der Waals surface area contributed by atoms with Gasteiger partial charge in [0, 0.05) is 12.6 Å². The van der Waals surface area contributed by atoms with Gasteiger partial charge in [0.05, 0.1) is 25.5 Å². The van der Waals surface area contributed by atoms with Crippen LogP contribution >= 0.6 is 0 Å². The van der Waals surface area contributed by atoms with Crippen molar-refractivity contribution in [2.75, 3.05) is 19.9 Å². The molecule has 142 valence electrons. The third-order valence-corrected chi connectivity index (χ3v) is 5.40. The zero-order valence-electron chi connectivity index (χ0n) is 14.8. The maximum absolute atomic E-state index is 12.5. The van der Waals surface area contributed by atoms with Crippen LogP contribution in [0.2, 0.25) is 0 Å². The molecule has 2 aromatic rings. The number of nitrogens with zero attached hydrogens (tertiary/aromatic N) is 3. The number of benzene rings is 1. The second-order valence-electron chi connectivity index (χ2n) is 7.15. The summed E-state index contributed by atoms with van der Waals surface area (Å²) >= 11 is 0. The second kappa shape index (κ2) is 7.01. The number of carbonyl (C=O) groups is 1. The quantitative estimate of drug-likeness (QED) is 0.694. The average Bonchev–Trinajstić information content (AvgIpc) is 3.45. The van der Waals surface area contributed by atoms with Crippen molar-refractivity contribution in [2.24, 2.45) is 0 Å². The van der Waals surface area contributed by atoms with Crippen molar-refractivity contribution in [1.82, 2.24) is 31.0 Å². The average molecular weight is 370 g/mol. The molecule has 1 aromatic heterocycles. The lowest BCUT2D eigenvalue weighted by molar-refractivity contribution is -0.138.